The van der Waals surface area contributed by atoms with E-state index in [1.54, 1.807) is 11.3 Å². The van der Waals surface area contributed by atoms with Crippen molar-refractivity contribution in [2.75, 3.05) is 6.54 Å². The molecule has 0 unspecified atom stereocenters. The number of nitrogens with one attached hydrogen (secondary N) is 1. The normalized spacial score (nSPS) is 10.8. The van der Waals surface area contributed by atoms with E-state index in [0.29, 0.717) is 6.54 Å². The minimum absolute atomic E-state index is 0.615. The van der Waals surface area contributed by atoms with Gasteiger partial charge in [0.2, 0.25) is 0 Å². The van der Waals surface area contributed by atoms with Gasteiger partial charge in [-0.25, -0.2) is 4.98 Å². The van der Waals surface area contributed by atoms with Gasteiger partial charge in [-0.05, 0) is 31.0 Å². The Morgan fingerprint density at radius 3 is 2.72 bits per heavy atom. The molecule has 2 aromatic rings. The number of hydrogen-bond acceptors (Lipinski definition) is 4. The van der Waals surface area contributed by atoms with E-state index < -0.39 is 0 Å². The van der Waals surface area contributed by atoms with Crippen LogP contribution in [0.2, 0.25) is 0 Å². The van der Waals surface area contributed by atoms with Crippen LogP contribution in [-0.4, -0.2) is 11.5 Å². The van der Waals surface area contributed by atoms with E-state index >= 15 is 0 Å². The Kier molecular flexibility index (Phi) is 4.87. The molecule has 96 valence electrons. The Morgan fingerprint density at radius 2 is 2.06 bits per heavy atom. The van der Waals surface area contributed by atoms with Crippen molar-refractivity contribution in [2.45, 2.75) is 26.4 Å². The number of aromatic nitrogens is 1. The second-order valence-electron chi connectivity index (χ2n) is 4.25. The predicted molar refractivity (Wildman–Crippen MR) is 76.6 cm³/mol. The predicted octanol–water partition coefficient (Wildman–Crippen LogP) is 2.24. The summed E-state index contributed by atoms with van der Waals surface area (Å²) in [5, 5.41) is 4.57. The first kappa shape index (κ1) is 13.2. The van der Waals surface area contributed by atoms with Crippen molar-refractivity contribution < 1.29 is 0 Å². The Morgan fingerprint density at radius 1 is 1.28 bits per heavy atom. The molecule has 0 fully saturated rings. The highest BCUT2D eigenvalue weighted by atomic mass is 32.1. The Labute approximate surface area is 112 Å². The molecule has 2 rings (SSSR count). The van der Waals surface area contributed by atoms with Crippen molar-refractivity contribution in [3.05, 3.63) is 51.5 Å². The number of nitrogens with two attached hydrogens (primary N) is 1. The van der Waals surface area contributed by atoms with Crippen LogP contribution in [-0.2, 0) is 19.5 Å². The lowest BCUT2D eigenvalue weighted by Gasteiger charge is -2.07. The number of nitrogens with zero attached hydrogens (tertiary/aromatic N) is 1. The van der Waals surface area contributed by atoms with Crippen LogP contribution in [0, 0.1) is 6.92 Å². The van der Waals surface area contributed by atoms with Crippen molar-refractivity contribution >= 4 is 11.3 Å². The van der Waals surface area contributed by atoms with Crippen LogP contribution >= 0.6 is 11.3 Å². The summed E-state index contributed by atoms with van der Waals surface area (Å²) in [5.74, 6) is 0. The topological polar surface area (TPSA) is 50.9 Å². The molecule has 1 heterocycles. The molecular formula is C14H19N3S. The first-order chi connectivity index (χ1) is 8.79. The monoisotopic (exact) mass is 261 g/mol. The third kappa shape index (κ3) is 3.63. The molecule has 0 bridgehead atoms. The van der Waals surface area contributed by atoms with Crippen molar-refractivity contribution in [2.24, 2.45) is 5.73 Å². The molecular weight excluding hydrogens is 242 g/mol. The van der Waals surface area contributed by atoms with E-state index in [9.17, 15) is 0 Å². The zero-order valence-corrected chi connectivity index (χ0v) is 11.5. The third-order valence-corrected chi connectivity index (χ3v) is 3.79. The fourth-order valence-corrected chi connectivity index (χ4v) is 2.69. The molecule has 0 aliphatic carbocycles. The van der Waals surface area contributed by atoms with Crippen molar-refractivity contribution in [3.63, 3.8) is 0 Å². The summed E-state index contributed by atoms with van der Waals surface area (Å²) in [6.45, 7) is 4.51. The maximum atomic E-state index is 5.72. The van der Waals surface area contributed by atoms with Gasteiger partial charge in [0.1, 0.15) is 0 Å². The average molecular weight is 261 g/mol. The molecule has 0 spiro atoms. The van der Waals surface area contributed by atoms with Crippen molar-refractivity contribution in [1.82, 2.24) is 10.3 Å². The van der Waals surface area contributed by atoms with Gasteiger partial charge in [0.15, 0.2) is 0 Å². The van der Waals surface area contributed by atoms with E-state index in [1.807, 2.05) is 19.2 Å². The molecule has 0 saturated carbocycles. The quantitative estimate of drug-likeness (QED) is 0.784. The highest BCUT2D eigenvalue weighted by Crippen LogP contribution is 2.11. The molecule has 1 aromatic carbocycles. The molecule has 1 aromatic heterocycles. The summed E-state index contributed by atoms with van der Waals surface area (Å²) in [5.41, 5.74) is 8.31. The SMILES string of the molecule is Cc1ncc(CNCCc2ccccc2CN)s1. The maximum absolute atomic E-state index is 5.72. The summed E-state index contributed by atoms with van der Waals surface area (Å²) in [6.07, 6.45) is 2.96. The molecule has 3 nitrogen and oxygen atoms in total. The summed E-state index contributed by atoms with van der Waals surface area (Å²) >= 11 is 1.75. The van der Waals surface area contributed by atoms with Gasteiger partial charge in [-0.1, -0.05) is 24.3 Å². The van der Waals surface area contributed by atoms with Crippen LogP contribution in [0.15, 0.2) is 30.5 Å². The average Bonchev–Trinajstić information content (AvgIpc) is 2.81. The van der Waals surface area contributed by atoms with Gasteiger partial charge in [0, 0.05) is 24.2 Å². The van der Waals surface area contributed by atoms with Gasteiger partial charge < -0.3 is 11.1 Å². The molecule has 0 aliphatic rings. The molecule has 0 aliphatic heterocycles. The summed E-state index contributed by atoms with van der Waals surface area (Å²) in [6, 6.07) is 8.36. The lowest BCUT2D eigenvalue weighted by molar-refractivity contribution is 0.690. The minimum Gasteiger partial charge on any atom is -0.326 e. The van der Waals surface area contributed by atoms with Crippen LogP contribution in [0.4, 0.5) is 0 Å². The largest absolute Gasteiger partial charge is 0.326 e. The minimum atomic E-state index is 0.615. The third-order valence-electron chi connectivity index (χ3n) is 2.88. The van der Waals surface area contributed by atoms with E-state index in [-0.39, 0.29) is 0 Å². The van der Waals surface area contributed by atoms with E-state index in [4.69, 9.17) is 5.73 Å². The van der Waals surface area contributed by atoms with Gasteiger partial charge in [-0.3, -0.25) is 0 Å². The number of hydrogen-bond donors (Lipinski definition) is 2. The van der Waals surface area contributed by atoms with Gasteiger partial charge >= 0.3 is 0 Å². The Hall–Kier alpha value is -1.23. The summed E-state index contributed by atoms with van der Waals surface area (Å²) < 4.78 is 0. The first-order valence-electron chi connectivity index (χ1n) is 6.18. The van der Waals surface area contributed by atoms with Crippen LogP contribution in [0.25, 0.3) is 0 Å². The molecule has 0 radical (unpaired) electrons. The van der Waals surface area contributed by atoms with Crippen molar-refractivity contribution in [1.29, 1.82) is 0 Å². The fourth-order valence-electron chi connectivity index (χ4n) is 1.92. The van der Waals surface area contributed by atoms with Gasteiger partial charge in [0.05, 0.1) is 5.01 Å². The number of benzene rings is 1. The molecule has 0 saturated heterocycles. The number of aryl methyl sites for hydroxylation is 1. The number of thiazole rings is 1. The lowest BCUT2D eigenvalue weighted by atomic mass is 10.0. The lowest BCUT2D eigenvalue weighted by Crippen LogP contribution is -2.17. The van der Waals surface area contributed by atoms with Gasteiger partial charge in [-0.2, -0.15) is 0 Å². The second-order valence-corrected chi connectivity index (χ2v) is 5.56. The smallest absolute Gasteiger partial charge is 0.0897 e. The van der Waals surface area contributed by atoms with Crippen molar-refractivity contribution in [3.8, 4) is 0 Å². The highest BCUT2D eigenvalue weighted by Gasteiger charge is 2.00. The van der Waals surface area contributed by atoms with Crippen LogP contribution in [0.5, 0.6) is 0 Å². The highest BCUT2D eigenvalue weighted by molar-refractivity contribution is 7.11. The van der Waals surface area contributed by atoms with Crippen LogP contribution in [0.1, 0.15) is 21.0 Å². The van der Waals surface area contributed by atoms with Crippen LogP contribution in [0.3, 0.4) is 0 Å². The molecule has 0 atom stereocenters. The van der Waals surface area contributed by atoms with E-state index in [1.165, 1.54) is 16.0 Å². The Balaban J connectivity index is 1.78. The van der Waals surface area contributed by atoms with E-state index in [2.05, 4.69) is 28.5 Å². The molecule has 18 heavy (non-hydrogen) atoms. The fraction of sp³-hybridized carbons (Fsp3) is 0.357. The van der Waals surface area contributed by atoms with Gasteiger partial charge in [-0.15, -0.1) is 11.3 Å². The van der Waals surface area contributed by atoms with Crippen LogP contribution < -0.4 is 11.1 Å². The van der Waals surface area contributed by atoms with E-state index in [0.717, 1.165) is 24.5 Å². The standard InChI is InChI=1S/C14H19N3S/c1-11-17-10-14(18-11)9-16-7-6-12-4-2-3-5-13(12)8-15/h2-5,10,16H,6-9,15H2,1H3. The molecule has 4 heteroatoms. The summed E-state index contributed by atoms with van der Waals surface area (Å²) in [7, 11) is 0. The van der Waals surface area contributed by atoms with Gasteiger partial charge in [0.25, 0.3) is 0 Å². The molecule has 3 N–H and O–H groups in total. The zero-order chi connectivity index (χ0) is 12.8. The first-order valence-corrected chi connectivity index (χ1v) is 7.00. The maximum Gasteiger partial charge on any atom is 0.0897 e. The zero-order valence-electron chi connectivity index (χ0n) is 10.6. The molecule has 0 amide bonds. The Bertz CT molecular complexity index is 493. The number of rotatable bonds is 6. The summed E-state index contributed by atoms with van der Waals surface area (Å²) in [4.78, 5) is 5.53. The second kappa shape index (κ2) is 6.64.